The molecule has 0 fully saturated rings. The van der Waals surface area contributed by atoms with Gasteiger partial charge in [0.05, 0.1) is 17.7 Å². The largest absolute Gasteiger partial charge is 0.493 e. The van der Waals surface area contributed by atoms with Crippen molar-refractivity contribution in [2.24, 2.45) is 0 Å². The Morgan fingerprint density at radius 1 is 1.04 bits per heavy atom. The molecular weight excluding hydrogens is 382 g/mol. The first-order chi connectivity index (χ1) is 12.3. The Bertz CT molecular complexity index is 789. The normalized spacial score (nSPS) is 10.8. The van der Waals surface area contributed by atoms with Gasteiger partial charge in [-0.1, -0.05) is 17.7 Å². The van der Waals surface area contributed by atoms with Crippen molar-refractivity contribution in [3.05, 3.63) is 47.0 Å². The lowest BCUT2D eigenvalue weighted by Crippen LogP contribution is -2.15. The molecule has 0 spiro atoms. The Kier molecular flexibility index (Phi) is 6.51. The summed E-state index contributed by atoms with van der Waals surface area (Å²) < 4.78 is 63.1. The first kappa shape index (κ1) is 19.6. The van der Waals surface area contributed by atoms with E-state index in [0.717, 1.165) is 6.07 Å². The highest BCUT2D eigenvalue weighted by atomic mass is 35.5. The van der Waals surface area contributed by atoms with Crippen LogP contribution in [0.15, 0.2) is 36.4 Å². The van der Waals surface area contributed by atoms with Gasteiger partial charge >= 0.3 is 13.2 Å². The molecule has 2 rings (SSSR count). The molecule has 0 unspecified atom stereocenters. The van der Waals surface area contributed by atoms with Gasteiger partial charge in [-0.3, -0.25) is 4.79 Å². The number of benzene rings is 2. The number of amides is 1. The third kappa shape index (κ3) is 4.92. The monoisotopic (exact) mass is 393 g/mol. The van der Waals surface area contributed by atoms with E-state index < -0.39 is 24.9 Å². The third-order valence-electron chi connectivity index (χ3n) is 3.06. The number of halogens is 5. The summed E-state index contributed by atoms with van der Waals surface area (Å²) in [6.07, 6.45) is 0. The minimum absolute atomic E-state index is 0.0586. The zero-order valence-electron chi connectivity index (χ0n) is 13.1. The quantitative estimate of drug-likeness (QED) is 0.686. The zero-order chi connectivity index (χ0) is 19.3. The van der Waals surface area contributed by atoms with Gasteiger partial charge in [0.25, 0.3) is 5.91 Å². The van der Waals surface area contributed by atoms with Crippen molar-refractivity contribution in [3.63, 3.8) is 0 Å². The second kappa shape index (κ2) is 8.61. The van der Waals surface area contributed by atoms with Gasteiger partial charge in [-0.15, -0.1) is 0 Å². The first-order valence-electron chi connectivity index (χ1n) is 6.99. The average Bonchev–Trinajstić information content (AvgIpc) is 2.56. The van der Waals surface area contributed by atoms with Crippen molar-refractivity contribution in [3.8, 4) is 17.2 Å². The van der Waals surface area contributed by atoms with Crippen molar-refractivity contribution in [2.45, 2.75) is 13.2 Å². The number of nitrogens with one attached hydrogen (secondary N) is 1. The summed E-state index contributed by atoms with van der Waals surface area (Å²) in [5, 5.41) is 2.23. The number of alkyl halides is 4. The summed E-state index contributed by atoms with van der Waals surface area (Å²) in [6.45, 7) is -6.23. The Balaban J connectivity index is 2.26. The van der Waals surface area contributed by atoms with Crippen LogP contribution in [0.25, 0.3) is 0 Å². The van der Waals surface area contributed by atoms with E-state index in [0.29, 0.717) is 0 Å². The Hall–Kier alpha value is -2.68. The average molecular weight is 394 g/mol. The van der Waals surface area contributed by atoms with Crippen LogP contribution in [0.2, 0.25) is 5.02 Å². The number of para-hydroxylation sites is 1. The maximum absolute atomic E-state index is 12.6. The van der Waals surface area contributed by atoms with Crippen LogP contribution >= 0.6 is 11.6 Å². The fraction of sp³-hybridized carbons (Fsp3) is 0.188. The SMILES string of the molecule is COc1cccc(C(=O)Nc2ccc(OC(F)F)c(Cl)c2)c1OC(F)F. The van der Waals surface area contributed by atoms with Crippen LogP contribution in [0, 0.1) is 0 Å². The summed E-state index contributed by atoms with van der Waals surface area (Å²) in [5.41, 5.74) is -0.0823. The molecule has 0 saturated carbocycles. The molecule has 0 aliphatic heterocycles. The predicted molar refractivity (Wildman–Crippen MR) is 85.7 cm³/mol. The van der Waals surface area contributed by atoms with Gasteiger partial charge in [0.1, 0.15) is 5.75 Å². The van der Waals surface area contributed by atoms with Crippen LogP contribution < -0.4 is 19.5 Å². The van der Waals surface area contributed by atoms with E-state index in [1.165, 1.54) is 37.4 Å². The number of rotatable bonds is 7. The van der Waals surface area contributed by atoms with Crippen molar-refractivity contribution < 1.29 is 36.6 Å². The highest BCUT2D eigenvalue weighted by molar-refractivity contribution is 6.32. The summed E-state index contributed by atoms with van der Waals surface area (Å²) in [7, 11) is 1.23. The van der Waals surface area contributed by atoms with Gasteiger partial charge < -0.3 is 19.5 Å². The second-order valence-corrected chi connectivity index (χ2v) is 5.10. The molecule has 1 N–H and O–H groups in total. The van der Waals surface area contributed by atoms with Gasteiger partial charge in [-0.2, -0.15) is 17.6 Å². The number of carbonyl (C=O) groups excluding carboxylic acids is 1. The van der Waals surface area contributed by atoms with Gasteiger partial charge in [-0.25, -0.2) is 0 Å². The van der Waals surface area contributed by atoms with Crippen LogP contribution in [-0.4, -0.2) is 26.2 Å². The summed E-state index contributed by atoms with van der Waals surface area (Å²) in [4.78, 5) is 12.4. The second-order valence-electron chi connectivity index (χ2n) is 4.69. The molecule has 0 aliphatic rings. The van der Waals surface area contributed by atoms with Crippen molar-refractivity contribution >= 4 is 23.2 Å². The minimum atomic E-state index is -3.17. The van der Waals surface area contributed by atoms with E-state index in [1.807, 2.05) is 0 Å². The van der Waals surface area contributed by atoms with E-state index >= 15 is 0 Å². The number of hydrogen-bond donors (Lipinski definition) is 1. The zero-order valence-corrected chi connectivity index (χ0v) is 13.9. The van der Waals surface area contributed by atoms with E-state index in [2.05, 4.69) is 14.8 Å². The molecule has 0 heterocycles. The predicted octanol–water partition coefficient (Wildman–Crippen LogP) is 4.80. The lowest BCUT2D eigenvalue weighted by Gasteiger charge is -2.14. The minimum Gasteiger partial charge on any atom is -0.493 e. The third-order valence-corrected chi connectivity index (χ3v) is 3.35. The molecule has 140 valence electrons. The lowest BCUT2D eigenvalue weighted by atomic mass is 10.1. The van der Waals surface area contributed by atoms with Crippen LogP contribution in [0.1, 0.15) is 10.4 Å². The molecule has 1 amide bonds. The van der Waals surface area contributed by atoms with E-state index in [4.69, 9.17) is 16.3 Å². The van der Waals surface area contributed by atoms with Crippen LogP contribution in [0.4, 0.5) is 23.2 Å². The topological polar surface area (TPSA) is 56.8 Å². The van der Waals surface area contributed by atoms with E-state index in [1.54, 1.807) is 0 Å². The van der Waals surface area contributed by atoms with Crippen molar-refractivity contribution in [1.82, 2.24) is 0 Å². The van der Waals surface area contributed by atoms with E-state index in [9.17, 15) is 22.4 Å². The number of ether oxygens (including phenoxy) is 3. The molecule has 0 atom stereocenters. The number of hydrogen-bond acceptors (Lipinski definition) is 4. The first-order valence-corrected chi connectivity index (χ1v) is 7.37. The van der Waals surface area contributed by atoms with Crippen LogP contribution in [-0.2, 0) is 0 Å². The molecule has 0 saturated heterocycles. The van der Waals surface area contributed by atoms with Crippen molar-refractivity contribution in [2.75, 3.05) is 12.4 Å². The van der Waals surface area contributed by atoms with Gasteiger partial charge in [0.15, 0.2) is 11.5 Å². The number of methoxy groups -OCH3 is 1. The van der Waals surface area contributed by atoms with Gasteiger partial charge in [0, 0.05) is 5.69 Å². The highest BCUT2D eigenvalue weighted by Gasteiger charge is 2.20. The Morgan fingerprint density at radius 3 is 2.31 bits per heavy atom. The molecule has 0 radical (unpaired) electrons. The Labute approximate surface area is 150 Å². The standard InChI is InChI=1S/C16H12ClF4NO4/c1-24-12-4-2-3-9(13(12)26-16(20)21)14(23)22-8-5-6-11(10(17)7-8)25-15(18)19/h2-7,15-16H,1H3,(H,22,23). The summed E-state index contributed by atoms with van der Waals surface area (Å²) in [6, 6.07) is 7.58. The summed E-state index contributed by atoms with van der Waals surface area (Å²) >= 11 is 5.80. The molecule has 26 heavy (non-hydrogen) atoms. The molecule has 2 aromatic rings. The smallest absolute Gasteiger partial charge is 0.387 e. The summed E-state index contributed by atoms with van der Waals surface area (Å²) in [5.74, 6) is -1.57. The fourth-order valence-corrected chi connectivity index (χ4v) is 2.26. The number of carbonyl (C=O) groups is 1. The van der Waals surface area contributed by atoms with Gasteiger partial charge in [-0.05, 0) is 30.3 Å². The highest BCUT2D eigenvalue weighted by Crippen LogP contribution is 2.34. The number of anilines is 1. The van der Waals surface area contributed by atoms with E-state index in [-0.39, 0.29) is 27.8 Å². The fourth-order valence-electron chi connectivity index (χ4n) is 2.03. The molecule has 0 aliphatic carbocycles. The molecule has 0 aromatic heterocycles. The van der Waals surface area contributed by atoms with Gasteiger partial charge in [0.2, 0.25) is 0 Å². The maximum Gasteiger partial charge on any atom is 0.387 e. The van der Waals surface area contributed by atoms with Crippen molar-refractivity contribution in [1.29, 1.82) is 0 Å². The molecular formula is C16H12ClF4NO4. The molecule has 10 heteroatoms. The molecule has 2 aromatic carbocycles. The van der Waals surface area contributed by atoms with Crippen LogP contribution in [0.3, 0.4) is 0 Å². The molecule has 0 bridgehead atoms. The Morgan fingerprint density at radius 2 is 1.73 bits per heavy atom. The maximum atomic E-state index is 12.6. The van der Waals surface area contributed by atoms with Crippen LogP contribution in [0.5, 0.6) is 17.2 Å². The molecule has 5 nitrogen and oxygen atoms in total. The lowest BCUT2D eigenvalue weighted by molar-refractivity contribution is -0.0517.